The van der Waals surface area contributed by atoms with Gasteiger partial charge in [0.05, 0.1) is 19.1 Å². The number of unbranched alkanes of at least 4 members (excludes halogenated alkanes) is 1. The Kier molecular flexibility index (Phi) is 7.23. The normalized spacial score (nSPS) is 24.7. The summed E-state index contributed by atoms with van der Waals surface area (Å²) in [5.41, 5.74) is 1.83. The number of hydrogen-bond donors (Lipinski definition) is 1. The third-order valence-corrected chi connectivity index (χ3v) is 8.78. The SMILES string of the molecule is COc1cc(OC)cc(-c2cc(CCCCO)c(C=C3SC(=S)N(C4CC5CCC4C5)C3=O)o2)c1. The van der Waals surface area contributed by atoms with Gasteiger partial charge in [0, 0.05) is 30.4 Å². The standard InChI is InChI=1S/C27H31NO5S2/c1-31-20-11-19(12-21(14-20)32-2)23-13-18(5-3-4-8-29)24(33-23)15-25-26(30)28(27(34)35-25)22-10-16-6-7-17(22)9-16/h11-17,22,29H,3-10H2,1-2H3. The fourth-order valence-electron chi connectivity index (χ4n) is 5.69. The zero-order valence-electron chi connectivity index (χ0n) is 20.1. The van der Waals surface area contributed by atoms with Crippen LogP contribution in [0.2, 0.25) is 0 Å². The van der Waals surface area contributed by atoms with Gasteiger partial charge in [0.1, 0.15) is 27.3 Å². The zero-order chi connectivity index (χ0) is 24.5. The molecular formula is C27H31NO5S2. The van der Waals surface area contributed by atoms with Gasteiger partial charge < -0.3 is 19.0 Å². The minimum atomic E-state index is -0.000132. The molecule has 1 aliphatic heterocycles. The smallest absolute Gasteiger partial charge is 0.266 e. The quantitative estimate of drug-likeness (QED) is 0.263. The molecule has 3 atom stereocenters. The van der Waals surface area contributed by atoms with Crippen LogP contribution in [0.5, 0.6) is 11.5 Å². The molecule has 1 aromatic heterocycles. The number of nitrogens with zero attached hydrogens (tertiary/aromatic N) is 1. The van der Waals surface area contributed by atoms with E-state index in [4.69, 9.17) is 26.1 Å². The predicted molar refractivity (Wildman–Crippen MR) is 142 cm³/mol. The molecule has 6 nitrogen and oxygen atoms in total. The first kappa shape index (κ1) is 24.4. The van der Waals surface area contributed by atoms with E-state index in [0.717, 1.165) is 36.3 Å². The number of aryl methyl sites for hydroxylation is 1. The lowest BCUT2D eigenvalue weighted by atomic mass is 9.94. The van der Waals surface area contributed by atoms with Crippen molar-refractivity contribution in [2.45, 2.75) is 51.0 Å². The summed E-state index contributed by atoms with van der Waals surface area (Å²) in [5.74, 6) is 4.00. The summed E-state index contributed by atoms with van der Waals surface area (Å²) in [7, 11) is 3.23. The van der Waals surface area contributed by atoms with Crippen molar-refractivity contribution in [2.75, 3.05) is 20.8 Å². The van der Waals surface area contributed by atoms with Crippen LogP contribution in [-0.2, 0) is 11.2 Å². The number of thioether (sulfide) groups is 1. The molecule has 0 radical (unpaired) electrons. The van der Waals surface area contributed by atoms with Gasteiger partial charge in [0.15, 0.2) is 0 Å². The van der Waals surface area contributed by atoms with Crippen molar-refractivity contribution in [2.24, 2.45) is 11.8 Å². The minimum Gasteiger partial charge on any atom is -0.497 e. The van der Waals surface area contributed by atoms with Crippen LogP contribution in [0.4, 0.5) is 0 Å². The average Bonchev–Trinajstić information content (AvgIpc) is 3.64. The number of hydrogen-bond acceptors (Lipinski definition) is 7. The molecule has 2 aliphatic carbocycles. The lowest BCUT2D eigenvalue weighted by Gasteiger charge is -2.30. The van der Waals surface area contributed by atoms with Crippen LogP contribution in [0, 0.1) is 11.8 Å². The van der Waals surface area contributed by atoms with E-state index in [2.05, 4.69) is 0 Å². The monoisotopic (exact) mass is 513 g/mol. The number of ether oxygens (including phenoxy) is 2. The van der Waals surface area contributed by atoms with E-state index < -0.39 is 0 Å². The van der Waals surface area contributed by atoms with Crippen LogP contribution in [-0.4, -0.2) is 47.1 Å². The second-order valence-corrected chi connectivity index (χ2v) is 11.3. The number of thiocarbonyl (C=S) groups is 1. The van der Waals surface area contributed by atoms with E-state index >= 15 is 0 Å². The second kappa shape index (κ2) is 10.4. The van der Waals surface area contributed by atoms with Crippen molar-refractivity contribution in [3.63, 3.8) is 0 Å². The van der Waals surface area contributed by atoms with Gasteiger partial charge in [-0.25, -0.2) is 0 Å². The summed E-state index contributed by atoms with van der Waals surface area (Å²) < 4.78 is 17.8. The van der Waals surface area contributed by atoms with Gasteiger partial charge in [-0.1, -0.05) is 30.4 Å². The molecule has 2 aromatic rings. The van der Waals surface area contributed by atoms with E-state index in [-0.39, 0.29) is 18.6 Å². The van der Waals surface area contributed by atoms with Gasteiger partial charge >= 0.3 is 0 Å². The minimum absolute atomic E-state index is 0.000132. The summed E-state index contributed by atoms with van der Waals surface area (Å²) >= 11 is 7.03. The first-order valence-electron chi connectivity index (χ1n) is 12.2. The summed E-state index contributed by atoms with van der Waals surface area (Å²) in [4.78, 5) is 15.9. The number of furan rings is 1. The Morgan fingerprint density at radius 3 is 2.54 bits per heavy atom. The number of benzene rings is 1. The molecule has 0 spiro atoms. The van der Waals surface area contributed by atoms with Gasteiger partial charge in [-0.15, -0.1) is 0 Å². The summed E-state index contributed by atoms with van der Waals surface area (Å²) in [5, 5.41) is 9.25. The first-order valence-corrected chi connectivity index (χ1v) is 13.5. The number of rotatable bonds is 9. The van der Waals surface area contributed by atoms with Gasteiger partial charge in [-0.05, 0) is 74.1 Å². The van der Waals surface area contributed by atoms with Crippen LogP contribution in [0.1, 0.15) is 49.8 Å². The summed E-state index contributed by atoms with van der Waals surface area (Å²) in [6.45, 7) is 0.148. The number of aliphatic hydroxyl groups is 1. The lowest BCUT2D eigenvalue weighted by Crippen LogP contribution is -2.41. The fraction of sp³-hybridized carbons (Fsp3) is 0.481. The molecule has 3 fully saturated rings. The van der Waals surface area contributed by atoms with Crippen LogP contribution in [0.25, 0.3) is 17.4 Å². The molecule has 8 heteroatoms. The Bertz CT molecular complexity index is 1130. The number of carbonyl (C=O) groups is 1. The first-order chi connectivity index (χ1) is 17.0. The summed E-state index contributed by atoms with van der Waals surface area (Å²) in [6, 6.07) is 7.87. The molecule has 1 aromatic carbocycles. The molecule has 2 heterocycles. The Balaban J connectivity index is 1.46. The van der Waals surface area contributed by atoms with Crippen LogP contribution in [0.15, 0.2) is 33.6 Å². The molecule has 3 aliphatic rings. The van der Waals surface area contributed by atoms with Gasteiger partial charge in [-0.3, -0.25) is 9.69 Å². The van der Waals surface area contributed by atoms with E-state index in [1.54, 1.807) is 14.2 Å². The third-order valence-electron chi connectivity index (χ3n) is 7.45. The maximum atomic E-state index is 13.4. The highest BCUT2D eigenvalue weighted by atomic mass is 32.2. The molecular weight excluding hydrogens is 482 g/mol. The number of amides is 1. The molecule has 1 saturated heterocycles. The van der Waals surface area contributed by atoms with Crippen molar-refractivity contribution in [1.29, 1.82) is 0 Å². The second-order valence-electron chi connectivity index (χ2n) is 9.58. The summed E-state index contributed by atoms with van der Waals surface area (Å²) in [6.07, 6.45) is 8.90. The lowest BCUT2D eigenvalue weighted by molar-refractivity contribution is -0.124. The highest BCUT2D eigenvalue weighted by molar-refractivity contribution is 8.26. The van der Waals surface area contributed by atoms with Crippen molar-refractivity contribution in [1.82, 2.24) is 4.90 Å². The number of fused-ring (bicyclic) bond motifs is 2. The average molecular weight is 514 g/mol. The highest BCUT2D eigenvalue weighted by Gasteiger charge is 2.48. The Hall–Kier alpha value is -2.29. The Morgan fingerprint density at radius 2 is 1.91 bits per heavy atom. The Morgan fingerprint density at radius 1 is 1.14 bits per heavy atom. The molecule has 1 N–H and O–H groups in total. The zero-order valence-corrected chi connectivity index (χ0v) is 21.8. The van der Waals surface area contributed by atoms with E-state index in [9.17, 15) is 9.90 Å². The number of aliphatic hydroxyl groups excluding tert-OH is 1. The van der Waals surface area contributed by atoms with Gasteiger partial charge in [0.25, 0.3) is 5.91 Å². The molecule has 186 valence electrons. The van der Waals surface area contributed by atoms with Crippen molar-refractivity contribution in [3.8, 4) is 22.8 Å². The maximum Gasteiger partial charge on any atom is 0.266 e. The van der Waals surface area contributed by atoms with E-state index in [1.165, 1.54) is 31.0 Å². The van der Waals surface area contributed by atoms with Crippen LogP contribution in [0.3, 0.4) is 0 Å². The highest BCUT2D eigenvalue weighted by Crippen LogP contribution is 2.49. The molecule has 35 heavy (non-hydrogen) atoms. The molecule has 3 unspecified atom stereocenters. The third kappa shape index (κ3) is 4.88. The van der Waals surface area contributed by atoms with E-state index in [1.807, 2.05) is 35.2 Å². The molecule has 2 bridgehead atoms. The molecule has 2 saturated carbocycles. The van der Waals surface area contributed by atoms with Crippen molar-refractivity contribution in [3.05, 3.63) is 40.5 Å². The molecule has 1 amide bonds. The van der Waals surface area contributed by atoms with E-state index in [0.29, 0.717) is 44.6 Å². The van der Waals surface area contributed by atoms with Gasteiger partial charge in [0.2, 0.25) is 0 Å². The van der Waals surface area contributed by atoms with Crippen molar-refractivity contribution < 1.29 is 23.8 Å². The topological polar surface area (TPSA) is 72.1 Å². The maximum absolute atomic E-state index is 13.4. The van der Waals surface area contributed by atoms with Crippen LogP contribution < -0.4 is 9.47 Å². The fourth-order valence-corrected chi connectivity index (χ4v) is 7.04. The number of carbonyl (C=O) groups excluding carboxylic acids is 1. The largest absolute Gasteiger partial charge is 0.497 e. The Labute approximate surface area is 215 Å². The predicted octanol–water partition coefficient (Wildman–Crippen LogP) is 5.67. The van der Waals surface area contributed by atoms with Crippen molar-refractivity contribution >= 4 is 40.3 Å². The number of methoxy groups -OCH3 is 2. The van der Waals surface area contributed by atoms with Crippen LogP contribution >= 0.6 is 24.0 Å². The van der Waals surface area contributed by atoms with Gasteiger partial charge in [-0.2, -0.15) is 0 Å². The molecule has 5 rings (SSSR count).